The van der Waals surface area contributed by atoms with E-state index in [0.717, 1.165) is 27.8 Å². The Morgan fingerprint density at radius 3 is 2.21 bits per heavy atom. The summed E-state index contributed by atoms with van der Waals surface area (Å²) in [6.45, 7) is 5.91. The summed E-state index contributed by atoms with van der Waals surface area (Å²) in [6.07, 6.45) is -0.759. The van der Waals surface area contributed by atoms with Crippen LogP contribution in [0.5, 0.6) is 0 Å². The highest BCUT2D eigenvalue weighted by Gasteiger charge is 2.17. The smallest absolute Gasteiger partial charge is 0.106 e. The lowest BCUT2D eigenvalue weighted by Gasteiger charge is -2.17. The average Bonchev–Trinajstić information content (AvgIpc) is 2.36. The first-order valence-electron chi connectivity index (χ1n) is 6.11. The molecule has 0 spiro atoms. The summed E-state index contributed by atoms with van der Waals surface area (Å²) >= 11 is 12.3. The Bertz CT molecular complexity index is 620. The van der Waals surface area contributed by atoms with Gasteiger partial charge in [-0.05, 0) is 55.2 Å². The van der Waals surface area contributed by atoms with Gasteiger partial charge >= 0.3 is 0 Å². The van der Waals surface area contributed by atoms with Gasteiger partial charge in [0.2, 0.25) is 0 Å². The molecule has 1 N–H and O–H groups in total. The van der Waals surface area contributed by atoms with E-state index in [4.69, 9.17) is 23.2 Å². The Labute approximate surface area is 123 Å². The SMILES string of the molecule is Cc1cc(Cl)c(C(O)c2cccc(Cl)c2C)cc1C. The Hall–Kier alpha value is -1.02. The third-order valence-electron chi connectivity index (χ3n) is 3.51. The molecule has 0 bridgehead atoms. The second-order valence-electron chi connectivity index (χ2n) is 4.81. The van der Waals surface area contributed by atoms with Gasteiger partial charge in [-0.2, -0.15) is 0 Å². The molecule has 2 aromatic rings. The Balaban J connectivity index is 2.53. The second kappa shape index (κ2) is 5.54. The Morgan fingerprint density at radius 2 is 1.53 bits per heavy atom. The van der Waals surface area contributed by atoms with Gasteiger partial charge in [0.05, 0.1) is 0 Å². The number of aryl methyl sites for hydroxylation is 2. The molecule has 0 amide bonds. The summed E-state index contributed by atoms with van der Waals surface area (Å²) in [7, 11) is 0. The van der Waals surface area contributed by atoms with E-state index < -0.39 is 6.10 Å². The van der Waals surface area contributed by atoms with Crippen molar-refractivity contribution >= 4 is 23.2 Å². The highest BCUT2D eigenvalue weighted by Crippen LogP contribution is 2.33. The Kier molecular flexibility index (Phi) is 4.19. The van der Waals surface area contributed by atoms with Gasteiger partial charge in [0, 0.05) is 15.6 Å². The van der Waals surface area contributed by atoms with Gasteiger partial charge in [-0.3, -0.25) is 0 Å². The zero-order chi connectivity index (χ0) is 14.2. The monoisotopic (exact) mass is 294 g/mol. The van der Waals surface area contributed by atoms with E-state index >= 15 is 0 Å². The fourth-order valence-corrected chi connectivity index (χ4v) is 2.60. The standard InChI is InChI=1S/C16H16Cl2O/c1-9-7-13(15(18)8-10(9)2)16(19)12-5-4-6-14(17)11(12)3/h4-8,16,19H,1-3H3. The molecule has 0 fully saturated rings. The van der Waals surface area contributed by atoms with Crippen molar-refractivity contribution in [2.24, 2.45) is 0 Å². The van der Waals surface area contributed by atoms with Crippen LogP contribution in [0.25, 0.3) is 0 Å². The molecule has 19 heavy (non-hydrogen) atoms. The number of hydrogen-bond donors (Lipinski definition) is 1. The van der Waals surface area contributed by atoms with E-state index in [1.165, 1.54) is 0 Å². The van der Waals surface area contributed by atoms with Crippen molar-refractivity contribution in [3.05, 3.63) is 68.2 Å². The summed E-state index contributed by atoms with van der Waals surface area (Å²) in [4.78, 5) is 0. The molecule has 1 atom stereocenters. The van der Waals surface area contributed by atoms with E-state index in [-0.39, 0.29) is 0 Å². The first-order valence-corrected chi connectivity index (χ1v) is 6.87. The van der Waals surface area contributed by atoms with Crippen LogP contribution in [-0.2, 0) is 0 Å². The van der Waals surface area contributed by atoms with Gasteiger partial charge in [-0.15, -0.1) is 0 Å². The van der Waals surface area contributed by atoms with Gasteiger partial charge in [-0.1, -0.05) is 41.4 Å². The fraction of sp³-hybridized carbons (Fsp3) is 0.250. The van der Waals surface area contributed by atoms with Crippen molar-refractivity contribution < 1.29 is 5.11 Å². The summed E-state index contributed by atoms with van der Waals surface area (Å²) < 4.78 is 0. The molecule has 0 aromatic heterocycles. The van der Waals surface area contributed by atoms with Crippen molar-refractivity contribution in [1.82, 2.24) is 0 Å². The molecule has 0 radical (unpaired) electrons. The topological polar surface area (TPSA) is 20.2 Å². The third kappa shape index (κ3) is 2.79. The highest BCUT2D eigenvalue weighted by atomic mass is 35.5. The van der Waals surface area contributed by atoms with Crippen LogP contribution in [-0.4, -0.2) is 5.11 Å². The fourth-order valence-electron chi connectivity index (χ4n) is 2.10. The van der Waals surface area contributed by atoms with E-state index in [9.17, 15) is 5.11 Å². The number of halogens is 2. The van der Waals surface area contributed by atoms with Gasteiger partial charge < -0.3 is 5.11 Å². The zero-order valence-corrected chi connectivity index (χ0v) is 12.7. The maximum absolute atomic E-state index is 10.6. The molecule has 1 unspecified atom stereocenters. The van der Waals surface area contributed by atoms with Crippen LogP contribution in [0.4, 0.5) is 0 Å². The number of hydrogen-bond acceptors (Lipinski definition) is 1. The largest absolute Gasteiger partial charge is 0.384 e. The molecule has 0 aliphatic heterocycles. The molecule has 0 saturated carbocycles. The van der Waals surface area contributed by atoms with Crippen molar-refractivity contribution in [2.75, 3.05) is 0 Å². The van der Waals surface area contributed by atoms with Gasteiger partial charge in [-0.25, -0.2) is 0 Å². The first-order chi connectivity index (χ1) is 8.91. The maximum atomic E-state index is 10.6. The first kappa shape index (κ1) is 14.4. The minimum atomic E-state index is -0.759. The molecule has 0 aliphatic carbocycles. The molecule has 0 saturated heterocycles. The van der Waals surface area contributed by atoms with E-state index in [1.54, 1.807) is 0 Å². The molecule has 3 heteroatoms. The van der Waals surface area contributed by atoms with Crippen LogP contribution in [0.15, 0.2) is 30.3 Å². The van der Waals surface area contributed by atoms with Crippen LogP contribution < -0.4 is 0 Å². The van der Waals surface area contributed by atoms with Crippen molar-refractivity contribution in [3.63, 3.8) is 0 Å². The summed E-state index contributed by atoms with van der Waals surface area (Å²) in [5.41, 5.74) is 4.61. The molecule has 100 valence electrons. The van der Waals surface area contributed by atoms with Crippen molar-refractivity contribution in [3.8, 4) is 0 Å². The number of aliphatic hydroxyl groups is 1. The second-order valence-corrected chi connectivity index (χ2v) is 5.63. The Morgan fingerprint density at radius 1 is 0.895 bits per heavy atom. The quantitative estimate of drug-likeness (QED) is 0.826. The van der Waals surface area contributed by atoms with E-state index in [0.29, 0.717) is 10.0 Å². The average molecular weight is 295 g/mol. The molecule has 0 heterocycles. The lowest BCUT2D eigenvalue weighted by molar-refractivity contribution is 0.219. The normalized spacial score (nSPS) is 12.5. The van der Waals surface area contributed by atoms with Crippen molar-refractivity contribution in [1.29, 1.82) is 0 Å². The predicted octanol–water partition coefficient (Wildman–Crippen LogP) is 5.00. The predicted molar refractivity (Wildman–Crippen MR) is 81.2 cm³/mol. The van der Waals surface area contributed by atoms with Crippen LogP contribution >= 0.6 is 23.2 Å². The maximum Gasteiger partial charge on any atom is 0.106 e. The van der Waals surface area contributed by atoms with Crippen LogP contribution in [0.1, 0.15) is 33.9 Å². The molecule has 2 aromatic carbocycles. The minimum Gasteiger partial charge on any atom is -0.384 e. The molecule has 1 nitrogen and oxygen atoms in total. The van der Waals surface area contributed by atoms with E-state index in [1.807, 2.05) is 51.1 Å². The molecular weight excluding hydrogens is 279 g/mol. The lowest BCUT2D eigenvalue weighted by atomic mass is 9.95. The van der Waals surface area contributed by atoms with Gasteiger partial charge in [0.1, 0.15) is 6.10 Å². The minimum absolute atomic E-state index is 0.579. The molecule has 0 aliphatic rings. The molecular formula is C16H16Cl2O. The number of rotatable bonds is 2. The van der Waals surface area contributed by atoms with Crippen LogP contribution in [0, 0.1) is 20.8 Å². The summed E-state index contributed by atoms with van der Waals surface area (Å²) in [5, 5.41) is 11.8. The lowest BCUT2D eigenvalue weighted by Crippen LogP contribution is -2.04. The van der Waals surface area contributed by atoms with Crippen LogP contribution in [0.2, 0.25) is 10.0 Å². The molecule has 2 rings (SSSR count). The number of aliphatic hydroxyl groups excluding tert-OH is 1. The summed E-state index contributed by atoms with van der Waals surface area (Å²) in [5.74, 6) is 0. The number of benzene rings is 2. The zero-order valence-electron chi connectivity index (χ0n) is 11.2. The van der Waals surface area contributed by atoms with E-state index in [2.05, 4.69) is 0 Å². The van der Waals surface area contributed by atoms with Crippen molar-refractivity contribution in [2.45, 2.75) is 26.9 Å². The highest BCUT2D eigenvalue weighted by molar-refractivity contribution is 6.32. The van der Waals surface area contributed by atoms with Gasteiger partial charge in [0.15, 0.2) is 0 Å². The van der Waals surface area contributed by atoms with Crippen LogP contribution in [0.3, 0.4) is 0 Å². The summed E-state index contributed by atoms with van der Waals surface area (Å²) in [6, 6.07) is 9.34. The van der Waals surface area contributed by atoms with Gasteiger partial charge in [0.25, 0.3) is 0 Å². The third-order valence-corrected chi connectivity index (χ3v) is 4.25.